The van der Waals surface area contributed by atoms with Gasteiger partial charge in [-0.1, -0.05) is 0 Å². The number of aromatic nitrogens is 3. The average molecular weight is 399 g/mol. The summed E-state index contributed by atoms with van der Waals surface area (Å²) in [4.78, 5) is 34.3. The van der Waals surface area contributed by atoms with Crippen LogP contribution in [-0.4, -0.2) is 75.1 Å². The number of hydrogen-bond acceptors (Lipinski definition) is 7. The number of likely N-dealkylation sites (tertiary alicyclic amines) is 1. The topological polar surface area (TPSA) is 112 Å². The molecule has 154 valence electrons. The molecule has 2 fully saturated rings. The van der Waals surface area contributed by atoms with Crippen molar-refractivity contribution in [3.05, 3.63) is 45.5 Å². The van der Waals surface area contributed by atoms with E-state index in [1.165, 1.54) is 6.07 Å². The fourth-order valence-electron chi connectivity index (χ4n) is 3.97. The van der Waals surface area contributed by atoms with Crippen LogP contribution in [0.25, 0.3) is 0 Å². The second-order valence-electron chi connectivity index (χ2n) is 7.56. The molecule has 2 aromatic rings. The van der Waals surface area contributed by atoms with Gasteiger partial charge in [0.1, 0.15) is 11.4 Å². The van der Waals surface area contributed by atoms with Gasteiger partial charge in [-0.15, -0.1) is 0 Å². The van der Waals surface area contributed by atoms with Gasteiger partial charge in [0.05, 0.1) is 11.5 Å². The minimum Gasteiger partial charge on any atom is -0.369 e. The number of H-pyrrole nitrogens is 1. The first kappa shape index (κ1) is 19.3. The smallest absolute Gasteiger partial charge is 0.282 e. The van der Waals surface area contributed by atoms with Crippen molar-refractivity contribution in [2.45, 2.75) is 26.3 Å². The Kier molecular flexibility index (Phi) is 5.43. The first-order valence-corrected chi connectivity index (χ1v) is 9.94. The Morgan fingerprint density at radius 3 is 2.52 bits per heavy atom. The molecule has 4 rings (SSSR count). The first-order chi connectivity index (χ1) is 14.0. The van der Waals surface area contributed by atoms with Gasteiger partial charge < -0.3 is 9.80 Å². The largest absolute Gasteiger partial charge is 0.369 e. The summed E-state index contributed by atoms with van der Waals surface area (Å²) in [5.41, 5.74) is 0.920. The van der Waals surface area contributed by atoms with Crippen LogP contribution >= 0.6 is 0 Å². The molecule has 10 nitrogen and oxygen atoms in total. The van der Waals surface area contributed by atoms with Gasteiger partial charge in [0, 0.05) is 51.0 Å². The van der Waals surface area contributed by atoms with Crippen LogP contribution in [0, 0.1) is 17.0 Å². The summed E-state index contributed by atoms with van der Waals surface area (Å²) in [7, 11) is 0. The van der Waals surface area contributed by atoms with Crippen LogP contribution in [0.2, 0.25) is 0 Å². The Hall–Kier alpha value is -3.01. The van der Waals surface area contributed by atoms with Crippen LogP contribution in [0.15, 0.2) is 18.2 Å². The van der Waals surface area contributed by atoms with Gasteiger partial charge in [0.15, 0.2) is 5.82 Å². The molecule has 0 radical (unpaired) electrons. The maximum absolute atomic E-state index is 12.8. The Balaban J connectivity index is 1.46. The SMILES string of the molecule is Cc1nc(CN2CCN(c3ccc([N+](=O)[O-])c(C(=O)N4CCCC4)c3)CC2)n[nH]1. The number of carbonyl (C=O) groups excluding carboxylic acids is 1. The van der Waals surface area contributed by atoms with Crippen LogP contribution < -0.4 is 4.90 Å². The summed E-state index contributed by atoms with van der Waals surface area (Å²) in [5.74, 6) is 1.35. The molecule has 10 heteroatoms. The zero-order valence-corrected chi connectivity index (χ0v) is 16.5. The number of nitro groups is 1. The normalized spacial score (nSPS) is 17.7. The summed E-state index contributed by atoms with van der Waals surface area (Å²) in [6.45, 7) is 7.12. The fourth-order valence-corrected chi connectivity index (χ4v) is 3.97. The average Bonchev–Trinajstić information content (AvgIpc) is 3.39. The molecule has 1 amide bonds. The third-order valence-corrected chi connectivity index (χ3v) is 5.55. The highest BCUT2D eigenvalue weighted by atomic mass is 16.6. The second-order valence-corrected chi connectivity index (χ2v) is 7.56. The molecule has 2 saturated heterocycles. The van der Waals surface area contributed by atoms with E-state index in [-0.39, 0.29) is 17.2 Å². The van der Waals surface area contributed by atoms with E-state index in [0.29, 0.717) is 19.6 Å². The van der Waals surface area contributed by atoms with Crippen molar-refractivity contribution in [3.8, 4) is 0 Å². The Labute approximate surface area is 168 Å². The molecular formula is C19H25N7O3. The molecule has 2 aliphatic rings. The standard InChI is InChI=1S/C19H25N7O3/c1-14-20-18(22-21-14)13-23-8-10-24(11-9-23)15-4-5-17(26(28)29)16(12-15)19(27)25-6-2-3-7-25/h4-5,12H,2-3,6-11,13H2,1H3,(H,20,21,22). The molecule has 2 aliphatic heterocycles. The highest BCUT2D eigenvalue weighted by Crippen LogP contribution is 2.28. The van der Waals surface area contributed by atoms with Gasteiger partial charge in [-0.25, -0.2) is 4.98 Å². The van der Waals surface area contributed by atoms with Gasteiger partial charge in [-0.2, -0.15) is 5.10 Å². The molecule has 0 bridgehead atoms. The summed E-state index contributed by atoms with van der Waals surface area (Å²) in [6, 6.07) is 4.89. The van der Waals surface area contributed by atoms with E-state index >= 15 is 0 Å². The van der Waals surface area contributed by atoms with Crippen molar-refractivity contribution in [2.24, 2.45) is 0 Å². The van der Waals surface area contributed by atoms with E-state index in [1.54, 1.807) is 17.0 Å². The van der Waals surface area contributed by atoms with Crippen LogP contribution in [0.5, 0.6) is 0 Å². The van der Waals surface area contributed by atoms with E-state index in [4.69, 9.17) is 0 Å². The monoisotopic (exact) mass is 399 g/mol. The van der Waals surface area contributed by atoms with Crippen molar-refractivity contribution >= 4 is 17.3 Å². The number of nitro benzene ring substituents is 1. The lowest BCUT2D eigenvalue weighted by Crippen LogP contribution is -2.46. The highest BCUT2D eigenvalue weighted by Gasteiger charge is 2.28. The van der Waals surface area contributed by atoms with Crippen molar-refractivity contribution in [2.75, 3.05) is 44.2 Å². The number of aryl methyl sites for hydroxylation is 1. The highest BCUT2D eigenvalue weighted by molar-refractivity contribution is 5.99. The molecule has 1 aromatic heterocycles. The molecule has 0 spiro atoms. The number of carbonyl (C=O) groups is 1. The van der Waals surface area contributed by atoms with Gasteiger partial charge in [0.25, 0.3) is 11.6 Å². The van der Waals surface area contributed by atoms with E-state index in [0.717, 1.165) is 56.4 Å². The molecule has 0 atom stereocenters. The molecule has 3 heterocycles. The number of rotatable bonds is 5. The molecule has 0 saturated carbocycles. The molecule has 29 heavy (non-hydrogen) atoms. The summed E-state index contributed by atoms with van der Waals surface area (Å²) < 4.78 is 0. The Morgan fingerprint density at radius 2 is 1.90 bits per heavy atom. The van der Waals surface area contributed by atoms with Gasteiger partial charge in [0.2, 0.25) is 0 Å². The van der Waals surface area contributed by atoms with Gasteiger partial charge >= 0.3 is 0 Å². The second kappa shape index (κ2) is 8.16. The zero-order valence-electron chi connectivity index (χ0n) is 16.5. The maximum Gasteiger partial charge on any atom is 0.282 e. The van der Waals surface area contributed by atoms with Crippen LogP contribution in [0.3, 0.4) is 0 Å². The quantitative estimate of drug-likeness (QED) is 0.600. The number of nitrogens with one attached hydrogen (secondary N) is 1. The predicted molar refractivity (Wildman–Crippen MR) is 107 cm³/mol. The third kappa shape index (κ3) is 4.21. The molecule has 0 unspecified atom stereocenters. The van der Waals surface area contributed by atoms with Crippen molar-refractivity contribution < 1.29 is 9.72 Å². The maximum atomic E-state index is 12.8. The van der Waals surface area contributed by atoms with Crippen molar-refractivity contribution in [1.82, 2.24) is 25.0 Å². The van der Waals surface area contributed by atoms with Crippen molar-refractivity contribution in [3.63, 3.8) is 0 Å². The number of hydrogen-bond donors (Lipinski definition) is 1. The van der Waals surface area contributed by atoms with Crippen LogP contribution in [-0.2, 0) is 6.54 Å². The van der Waals surface area contributed by atoms with Crippen LogP contribution in [0.4, 0.5) is 11.4 Å². The number of piperazine rings is 1. The summed E-state index contributed by atoms with van der Waals surface area (Å²) in [5, 5.41) is 18.5. The summed E-state index contributed by atoms with van der Waals surface area (Å²) >= 11 is 0. The third-order valence-electron chi connectivity index (χ3n) is 5.55. The fraction of sp³-hybridized carbons (Fsp3) is 0.526. The molecular weight excluding hydrogens is 374 g/mol. The van der Waals surface area contributed by atoms with Gasteiger partial charge in [-0.3, -0.25) is 24.9 Å². The number of amides is 1. The minimum absolute atomic E-state index is 0.121. The number of benzene rings is 1. The summed E-state index contributed by atoms with van der Waals surface area (Å²) in [6.07, 6.45) is 1.90. The number of anilines is 1. The Bertz CT molecular complexity index is 899. The lowest BCUT2D eigenvalue weighted by Gasteiger charge is -2.35. The van der Waals surface area contributed by atoms with E-state index in [2.05, 4.69) is 25.0 Å². The lowest BCUT2D eigenvalue weighted by atomic mass is 10.1. The zero-order chi connectivity index (χ0) is 20.4. The minimum atomic E-state index is -0.468. The van der Waals surface area contributed by atoms with Crippen molar-refractivity contribution in [1.29, 1.82) is 0 Å². The predicted octanol–water partition coefficient (Wildman–Crippen LogP) is 1.58. The number of nitrogens with zero attached hydrogens (tertiary/aromatic N) is 6. The Morgan fingerprint density at radius 1 is 1.17 bits per heavy atom. The van der Waals surface area contributed by atoms with E-state index in [1.807, 2.05) is 6.92 Å². The van der Waals surface area contributed by atoms with Gasteiger partial charge in [-0.05, 0) is 31.9 Å². The first-order valence-electron chi connectivity index (χ1n) is 9.94. The number of aromatic amines is 1. The molecule has 0 aliphatic carbocycles. The van der Waals surface area contributed by atoms with E-state index in [9.17, 15) is 14.9 Å². The molecule has 1 N–H and O–H groups in total. The van der Waals surface area contributed by atoms with E-state index < -0.39 is 4.92 Å². The van der Waals surface area contributed by atoms with Crippen LogP contribution in [0.1, 0.15) is 34.8 Å². The lowest BCUT2D eigenvalue weighted by molar-refractivity contribution is -0.385. The molecule has 1 aromatic carbocycles.